The van der Waals surface area contributed by atoms with Crippen LogP contribution in [0.1, 0.15) is 23.3 Å². The van der Waals surface area contributed by atoms with Gasteiger partial charge in [-0.2, -0.15) is 0 Å². The van der Waals surface area contributed by atoms with Gasteiger partial charge in [0.05, 0.1) is 27.0 Å². The lowest BCUT2D eigenvalue weighted by molar-refractivity contribution is 0.0594. The van der Waals surface area contributed by atoms with Crippen molar-refractivity contribution in [3.8, 4) is 22.8 Å². The molecule has 1 saturated heterocycles. The molecule has 1 aromatic carbocycles. The van der Waals surface area contributed by atoms with E-state index >= 15 is 0 Å². The summed E-state index contributed by atoms with van der Waals surface area (Å²) in [5.74, 6) is 1.30. The predicted molar refractivity (Wildman–Crippen MR) is 93.4 cm³/mol. The Morgan fingerprint density at radius 3 is 2.36 bits per heavy atom. The van der Waals surface area contributed by atoms with Crippen LogP contribution in [0, 0.1) is 0 Å². The Kier molecular flexibility index (Phi) is 5.02. The van der Waals surface area contributed by atoms with E-state index < -0.39 is 5.97 Å². The highest BCUT2D eigenvalue weighted by Crippen LogP contribution is 2.32. The molecule has 0 atom stereocenters. The number of aromatic nitrogens is 2. The van der Waals surface area contributed by atoms with E-state index in [-0.39, 0.29) is 5.69 Å². The number of benzene rings is 1. The first kappa shape index (κ1) is 17.0. The minimum atomic E-state index is -0.482. The summed E-state index contributed by atoms with van der Waals surface area (Å²) in [7, 11) is 4.51. The molecular weight excluding hydrogens is 322 g/mol. The summed E-state index contributed by atoms with van der Waals surface area (Å²) in [5, 5.41) is 0. The summed E-state index contributed by atoms with van der Waals surface area (Å²) < 4.78 is 15.5. The fourth-order valence-electron chi connectivity index (χ4n) is 2.85. The zero-order valence-corrected chi connectivity index (χ0v) is 14.6. The first-order chi connectivity index (χ1) is 12.2. The van der Waals surface area contributed by atoms with Crippen LogP contribution in [0.5, 0.6) is 11.5 Å². The maximum atomic E-state index is 12.0. The van der Waals surface area contributed by atoms with Crippen molar-refractivity contribution in [2.75, 3.05) is 39.3 Å². The third-order valence-electron chi connectivity index (χ3n) is 4.18. The van der Waals surface area contributed by atoms with Crippen molar-refractivity contribution in [3.63, 3.8) is 0 Å². The number of anilines is 1. The SMILES string of the molecule is COC(=O)c1cc(-c2ccc(OC)c(OC)c2)nc(N2CCCC2)n1. The van der Waals surface area contributed by atoms with Gasteiger partial charge in [0.25, 0.3) is 0 Å². The van der Waals surface area contributed by atoms with Crippen LogP contribution in [0.2, 0.25) is 0 Å². The molecule has 1 aromatic heterocycles. The quantitative estimate of drug-likeness (QED) is 0.772. The number of hydrogen-bond acceptors (Lipinski definition) is 7. The normalized spacial score (nSPS) is 13.6. The highest BCUT2D eigenvalue weighted by atomic mass is 16.5. The highest BCUT2D eigenvalue weighted by molar-refractivity contribution is 5.89. The van der Waals surface area contributed by atoms with Crippen LogP contribution in [0.3, 0.4) is 0 Å². The van der Waals surface area contributed by atoms with Crippen LogP contribution < -0.4 is 14.4 Å². The average molecular weight is 343 g/mol. The van der Waals surface area contributed by atoms with Gasteiger partial charge in [-0.05, 0) is 37.1 Å². The zero-order chi connectivity index (χ0) is 17.8. The average Bonchev–Trinajstić information content (AvgIpc) is 3.21. The number of hydrogen-bond donors (Lipinski definition) is 0. The molecule has 2 aromatic rings. The third kappa shape index (κ3) is 3.50. The molecule has 7 nitrogen and oxygen atoms in total. The molecule has 0 saturated carbocycles. The van der Waals surface area contributed by atoms with Gasteiger partial charge in [0.1, 0.15) is 0 Å². The molecule has 0 amide bonds. The zero-order valence-electron chi connectivity index (χ0n) is 14.6. The summed E-state index contributed by atoms with van der Waals surface area (Å²) in [6, 6.07) is 7.14. The molecule has 2 heterocycles. The molecule has 3 rings (SSSR count). The molecule has 0 radical (unpaired) electrons. The van der Waals surface area contributed by atoms with E-state index in [1.807, 2.05) is 18.2 Å². The van der Waals surface area contributed by atoms with E-state index in [1.165, 1.54) is 7.11 Å². The first-order valence-corrected chi connectivity index (χ1v) is 8.11. The van der Waals surface area contributed by atoms with Crippen LogP contribution in [0.15, 0.2) is 24.3 Å². The van der Waals surface area contributed by atoms with Crippen LogP contribution in [0.25, 0.3) is 11.3 Å². The Labute approximate surface area is 146 Å². The lowest BCUT2D eigenvalue weighted by Crippen LogP contribution is -2.22. The van der Waals surface area contributed by atoms with Crippen molar-refractivity contribution in [2.24, 2.45) is 0 Å². The fraction of sp³-hybridized carbons (Fsp3) is 0.389. The Morgan fingerprint density at radius 2 is 1.72 bits per heavy atom. The largest absolute Gasteiger partial charge is 0.493 e. The second-order valence-electron chi connectivity index (χ2n) is 5.69. The molecule has 0 unspecified atom stereocenters. The second kappa shape index (κ2) is 7.38. The van der Waals surface area contributed by atoms with Gasteiger partial charge in [0.15, 0.2) is 17.2 Å². The van der Waals surface area contributed by atoms with Gasteiger partial charge < -0.3 is 19.1 Å². The molecule has 25 heavy (non-hydrogen) atoms. The number of carbonyl (C=O) groups is 1. The monoisotopic (exact) mass is 343 g/mol. The van der Waals surface area contributed by atoms with Crippen molar-refractivity contribution >= 4 is 11.9 Å². The summed E-state index contributed by atoms with van der Waals surface area (Å²) in [6.45, 7) is 1.77. The van der Waals surface area contributed by atoms with Gasteiger partial charge in [-0.15, -0.1) is 0 Å². The van der Waals surface area contributed by atoms with Crippen LogP contribution in [0.4, 0.5) is 5.95 Å². The van der Waals surface area contributed by atoms with Crippen molar-refractivity contribution in [1.29, 1.82) is 0 Å². The summed E-state index contributed by atoms with van der Waals surface area (Å²) in [5.41, 5.74) is 1.69. The highest BCUT2D eigenvalue weighted by Gasteiger charge is 2.20. The van der Waals surface area contributed by atoms with Crippen molar-refractivity contribution < 1.29 is 19.0 Å². The van der Waals surface area contributed by atoms with Crippen LogP contribution >= 0.6 is 0 Å². The van der Waals surface area contributed by atoms with E-state index in [0.29, 0.717) is 23.1 Å². The van der Waals surface area contributed by atoms with Crippen molar-refractivity contribution in [2.45, 2.75) is 12.8 Å². The molecule has 1 aliphatic heterocycles. The molecule has 0 spiro atoms. The molecule has 7 heteroatoms. The minimum absolute atomic E-state index is 0.240. The molecule has 1 fully saturated rings. The molecule has 0 aliphatic carbocycles. The van der Waals surface area contributed by atoms with E-state index in [4.69, 9.17) is 14.2 Å². The van der Waals surface area contributed by atoms with Gasteiger partial charge in [-0.25, -0.2) is 14.8 Å². The number of esters is 1. The third-order valence-corrected chi connectivity index (χ3v) is 4.18. The molecule has 0 N–H and O–H groups in total. The Balaban J connectivity index is 2.07. The fourth-order valence-corrected chi connectivity index (χ4v) is 2.85. The summed E-state index contributed by atoms with van der Waals surface area (Å²) in [4.78, 5) is 23.1. The van der Waals surface area contributed by atoms with Gasteiger partial charge in [-0.3, -0.25) is 0 Å². The van der Waals surface area contributed by atoms with Crippen molar-refractivity contribution in [3.05, 3.63) is 30.0 Å². The van der Waals surface area contributed by atoms with Crippen LogP contribution in [-0.4, -0.2) is 50.4 Å². The minimum Gasteiger partial charge on any atom is -0.493 e. The molecule has 0 bridgehead atoms. The maximum Gasteiger partial charge on any atom is 0.356 e. The lowest BCUT2D eigenvalue weighted by Gasteiger charge is -2.17. The van der Waals surface area contributed by atoms with Crippen LogP contribution in [-0.2, 0) is 4.74 Å². The van der Waals surface area contributed by atoms with Gasteiger partial charge in [0.2, 0.25) is 5.95 Å². The Morgan fingerprint density at radius 1 is 1.00 bits per heavy atom. The number of nitrogens with zero attached hydrogens (tertiary/aromatic N) is 3. The number of ether oxygens (including phenoxy) is 3. The summed E-state index contributed by atoms with van der Waals surface area (Å²) in [6.07, 6.45) is 2.19. The molecular formula is C18H21N3O4. The van der Waals surface area contributed by atoms with Gasteiger partial charge in [0, 0.05) is 18.7 Å². The van der Waals surface area contributed by atoms with Gasteiger partial charge in [-0.1, -0.05) is 0 Å². The number of carbonyl (C=O) groups excluding carboxylic acids is 1. The lowest BCUT2D eigenvalue weighted by atomic mass is 10.1. The van der Waals surface area contributed by atoms with E-state index in [0.717, 1.165) is 31.5 Å². The molecule has 1 aliphatic rings. The standard InChI is InChI=1S/C18H21N3O4/c1-23-15-7-6-12(10-16(15)24-2)13-11-14(17(22)25-3)20-18(19-13)21-8-4-5-9-21/h6-7,10-11H,4-5,8-9H2,1-3H3. The first-order valence-electron chi connectivity index (χ1n) is 8.11. The second-order valence-corrected chi connectivity index (χ2v) is 5.69. The summed E-state index contributed by atoms with van der Waals surface area (Å²) >= 11 is 0. The Bertz CT molecular complexity index is 773. The molecule has 132 valence electrons. The topological polar surface area (TPSA) is 73.8 Å². The van der Waals surface area contributed by atoms with Gasteiger partial charge >= 0.3 is 5.97 Å². The van der Waals surface area contributed by atoms with Crippen molar-refractivity contribution in [1.82, 2.24) is 9.97 Å². The number of methoxy groups -OCH3 is 3. The van der Waals surface area contributed by atoms with E-state index in [1.54, 1.807) is 20.3 Å². The maximum absolute atomic E-state index is 12.0. The Hall–Kier alpha value is -2.83. The predicted octanol–water partition coefficient (Wildman–Crippen LogP) is 2.55. The number of rotatable bonds is 5. The van der Waals surface area contributed by atoms with E-state index in [9.17, 15) is 4.79 Å². The van der Waals surface area contributed by atoms with E-state index in [2.05, 4.69) is 14.9 Å². The smallest absolute Gasteiger partial charge is 0.356 e.